The van der Waals surface area contributed by atoms with E-state index in [0.717, 1.165) is 0 Å². The third kappa shape index (κ3) is 8.14. The molecule has 0 heterocycles. The van der Waals surface area contributed by atoms with Crippen molar-refractivity contribution in [2.75, 3.05) is 0 Å². The van der Waals surface area contributed by atoms with Crippen LogP contribution in [0.3, 0.4) is 0 Å². The van der Waals surface area contributed by atoms with Crippen LogP contribution >= 0.6 is 0 Å². The highest BCUT2D eigenvalue weighted by Crippen LogP contribution is 2.13. The SMILES string of the molecule is CC(C)CC(=O)NC(C)(C)C(=O)NC(CC(C)C)C(=O)C(C)C. The first kappa shape index (κ1) is 21.6. The van der Waals surface area contributed by atoms with Crippen LogP contribution in [-0.4, -0.2) is 29.2 Å². The molecule has 0 aromatic rings. The summed E-state index contributed by atoms with van der Waals surface area (Å²) in [7, 11) is 0. The molecule has 0 rings (SSSR count). The molecule has 1 unspecified atom stereocenters. The second-order valence-electron chi connectivity index (χ2n) is 7.98. The van der Waals surface area contributed by atoms with Gasteiger partial charge >= 0.3 is 0 Å². The van der Waals surface area contributed by atoms with Crippen molar-refractivity contribution in [2.24, 2.45) is 17.8 Å². The number of Topliss-reactive ketones (excluding diaryl/α,β-unsaturated/α-hetero) is 1. The Hall–Kier alpha value is -1.39. The Kier molecular flexibility index (Phi) is 8.49. The maximum Gasteiger partial charge on any atom is 0.245 e. The minimum atomic E-state index is -1.04. The van der Waals surface area contributed by atoms with Crippen LogP contribution in [0.4, 0.5) is 0 Å². The Bertz CT molecular complexity index is 426. The van der Waals surface area contributed by atoms with Gasteiger partial charge in [0, 0.05) is 12.3 Å². The summed E-state index contributed by atoms with van der Waals surface area (Å²) in [5.41, 5.74) is -1.04. The summed E-state index contributed by atoms with van der Waals surface area (Å²) in [4.78, 5) is 36.8. The predicted molar refractivity (Wildman–Crippen MR) is 92.9 cm³/mol. The molecule has 23 heavy (non-hydrogen) atoms. The third-order valence-electron chi connectivity index (χ3n) is 3.54. The molecule has 0 aliphatic heterocycles. The van der Waals surface area contributed by atoms with Gasteiger partial charge in [0.05, 0.1) is 6.04 Å². The molecule has 0 saturated heterocycles. The summed E-state index contributed by atoms with van der Waals surface area (Å²) in [6.07, 6.45) is 0.968. The number of hydrogen-bond donors (Lipinski definition) is 2. The molecule has 5 heteroatoms. The summed E-state index contributed by atoms with van der Waals surface area (Å²) in [5, 5.41) is 5.58. The Morgan fingerprint density at radius 1 is 0.913 bits per heavy atom. The molecule has 0 radical (unpaired) electrons. The monoisotopic (exact) mass is 326 g/mol. The highest BCUT2D eigenvalue weighted by molar-refractivity contribution is 5.95. The lowest BCUT2D eigenvalue weighted by Crippen LogP contribution is -2.58. The summed E-state index contributed by atoms with van der Waals surface area (Å²) in [5.74, 6) is -0.0780. The molecule has 0 bridgehead atoms. The second-order valence-corrected chi connectivity index (χ2v) is 7.98. The van der Waals surface area contributed by atoms with E-state index in [1.54, 1.807) is 13.8 Å². The van der Waals surface area contributed by atoms with Gasteiger partial charge in [0.1, 0.15) is 5.54 Å². The third-order valence-corrected chi connectivity index (χ3v) is 3.54. The van der Waals surface area contributed by atoms with E-state index in [4.69, 9.17) is 0 Å². The van der Waals surface area contributed by atoms with E-state index in [1.165, 1.54) is 0 Å². The van der Waals surface area contributed by atoms with Gasteiger partial charge in [-0.1, -0.05) is 41.5 Å². The van der Waals surface area contributed by atoms with Gasteiger partial charge in [0.15, 0.2) is 5.78 Å². The van der Waals surface area contributed by atoms with Crippen LogP contribution in [0.1, 0.15) is 68.2 Å². The summed E-state index contributed by atoms with van der Waals surface area (Å²) in [6, 6.07) is -0.510. The smallest absolute Gasteiger partial charge is 0.245 e. The highest BCUT2D eigenvalue weighted by Gasteiger charge is 2.33. The molecular weight excluding hydrogens is 292 g/mol. The van der Waals surface area contributed by atoms with E-state index in [1.807, 2.05) is 41.5 Å². The van der Waals surface area contributed by atoms with Gasteiger partial charge in [-0.05, 0) is 32.1 Å². The Morgan fingerprint density at radius 2 is 1.43 bits per heavy atom. The Balaban J connectivity index is 4.94. The van der Waals surface area contributed by atoms with Crippen molar-refractivity contribution in [1.82, 2.24) is 10.6 Å². The summed E-state index contributed by atoms with van der Waals surface area (Å²) in [6.45, 7) is 14.9. The molecule has 0 spiro atoms. The minimum Gasteiger partial charge on any atom is -0.344 e. The van der Waals surface area contributed by atoms with Crippen LogP contribution in [0.15, 0.2) is 0 Å². The number of nitrogens with one attached hydrogen (secondary N) is 2. The molecule has 0 aromatic carbocycles. The first-order chi connectivity index (χ1) is 10.4. The van der Waals surface area contributed by atoms with Crippen molar-refractivity contribution in [2.45, 2.75) is 79.8 Å². The molecule has 0 fully saturated rings. The van der Waals surface area contributed by atoms with E-state index in [2.05, 4.69) is 10.6 Å². The lowest BCUT2D eigenvalue weighted by atomic mass is 9.93. The van der Waals surface area contributed by atoms with Crippen molar-refractivity contribution >= 4 is 17.6 Å². The zero-order valence-corrected chi connectivity index (χ0v) is 15.9. The molecule has 2 amide bonds. The molecule has 134 valence electrons. The van der Waals surface area contributed by atoms with Crippen molar-refractivity contribution < 1.29 is 14.4 Å². The van der Waals surface area contributed by atoms with E-state index in [-0.39, 0.29) is 29.4 Å². The van der Waals surface area contributed by atoms with Gasteiger partial charge in [-0.2, -0.15) is 0 Å². The first-order valence-corrected chi connectivity index (χ1v) is 8.52. The number of amides is 2. The fourth-order valence-corrected chi connectivity index (χ4v) is 2.29. The normalized spacial score (nSPS) is 13.3. The number of carbonyl (C=O) groups is 3. The second kappa shape index (κ2) is 9.04. The van der Waals surface area contributed by atoms with Crippen LogP contribution in [0.2, 0.25) is 0 Å². The number of rotatable bonds is 9. The van der Waals surface area contributed by atoms with Crippen molar-refractivity contribution in [3.63, 3.8) is 0 Å². The quantitative estimate of drug-likeness (QED) is 0.684. The lowest BCUT2D eigenvalue weighted by molar-refractivity contribution is -0.135. The first-order valence-electron chi connectivity index (χ1n) is 8.52. The van der Waals surface area contributed by atoms with Crippen molar-refractivity contribution in [1.29, 1.82) is 0 Å². The van der Waals surface area contributed by atoms with E-state index < -0.39 is 11.6 Å². The summed E-state index contributed by atoms with van der Waals surface area (Å²) >= 11 is 0. The van der Waals surface area contributed by atoms with Gasteiger partial charge in [0.2, 0.25) is 11.8 Å². The zero-order valence-electron chi connectivity index (χ0n) is 15.9. The molecule has 0 aromatic heterocycles. The molecular formula is C18H34N2O3. The predicted octanol–water partition coefficient (Wildman–Crippen LogP) is 2.68. The molecule has 0 saturated carbocycles. The van der Waals surface area contributed by atoms with Gasteiger partial charge in [0.25, 0.3) is 0 Å². The molecule has 2 N–H and O–H groups in total. The van der Waals surface area contributed by atoms with Crippen LogP contribution in [0.25, 0.3) is 0 Å². The van der Waals surface area contributed by atoms with Crippen molar-refractivity contribution in [3.05, 3.63) is 0 Å². The summed E-state index contributed by atoms with van der Waals surface area (Å²) < 4.78 is 0. The topological polar surface area (TPSA) is 75.3 Å². The van der Waals surface area contributed by atoms with Crippen LogP contribution in [0.5, 0.6) is 0 Å². The van der Waals surface area contributed by atoms with Crippen LogP contribution in [-0.2, 0) is 14.4 Å². The largest absolute Gasteiger partial charge is 0.344 e. The van der Waals surface area contributed by atoms with Gasteiger partial charge in [-0.15, -0.1) is 0 Å². The van der Waals surface area contributed by atoms with E-state index >= 15 is 0 Å². The highest BCUT2D eigenvalue weighted by atomic mass is 16.2. The van der Waals surface area contributed by atoms with E-state index in [0.29, 0.717) is 18.8 Å². The van der Waals surface area contributed by atoms with E-state index in [9.17, 15) is 14.4 Å². The van der Waals surface area contributed by atoms with Crippen LogP contribution in [0, 0.1) is 17.8 Å². The van der Waals surface area contributed by atoms with Gasteiger partial charge in [-0.3, -0.25) is 14.4 Å². The Morgan fingerprint density at radius 3 is 1.83 bits per heavy atom. The fourth-order valence-electron chi connectivity index (χ4n) is 2.29. The minimum absolute atomic E-state index is 0.0244. The molecule has 5 nitrogen and oxygen atoms in total. The average Bonchev–Trinajstić information content (AvgIpc) is 2.34. The van der Waals surface area contributed by atoms with Crippen molar-refractivity contribution in [3.8, 4) is 0 Å². The lowest BCUT2D eigenvalue weighted by Gasteiger charge is -2.29. The average molecular weight is 326 g/mol. The standard InChI is InChI=1S/C18H34N2O3/c1-11(2)9-14(16(22)13(5)6)19-17(23)18(7,8)20-15(21)10-12(3)4/h11-14H,9-10H2,1-8H3,(H,19,23)(H,20,21). The molecule has 0 aliphatic carbocycles. The van der Waals surface area contributed by atoms with Gasteiger partial charge < -0.3 is 10.6 Å². The molecule has 1 atom stereocenters. The van der Waals surface area contributed by atoms with Crippen LogP contribution < -0.4 is 10.6 Å². The maximum absolute atomic E-state index is 12.5. The number of ketones is 1. The Labute approximate surface area is 141 Å². The maximum atomic E-state index is 12.5. The molecule has 0 aliphatic rings. The fraction of sp³-hybridized carbons (Fsp3) is 0.833. The zero-order chi connectivity index (χ0) is 18.4. The number of carbonyl (C=O) groups excluding carboxylic acids is 3. The number of hydrogen-bond acceptors (Lipinski definition) is 3. The van der Waals surface area contributed by atoms with Gasteiger partial charge in [-0.25, -0.2) is 0 Å².